The molecule has 2 aromatic rings. The third kappa shape index (κ3) is 3.50. The summed E-state index contributed by atoms with van der Waals surface area (Å²) < 4.78 is 17.0. The highest BCUT2D eigenvalue weighted by atomic mass is 16.5. The molecule has 0 radical (unpaired) electrons. The number of benzene rings is 2. The molecule has 3 unspecified atom stereocenters. The Morgan fingerprint density at radius 3 is 2.30 bits per heavy atom. The van der Waals surface area contributed by atoms with Gasteiger partial charge in [0.25, 0.3) is 0 Å². The minimum Gasteiger partial charge on any atom is -0.493 e. The fourth-order valence-electron chi connectivity index (χ4n) is 3.41. The standard InChI is InChI=1S/C20H24O3/c1-14-11-17(13-19(23-14)15-7-5-4-6-8-15)16-9-10-18(21-2)20(12-16)22-3/h4-10,12,14,17,19H,11,13H2,1-3H3. The van der Waals surface area contributed by atoms with Gasteiger partial charge in [0.15, 0.2) is 11.5 Å². The van der Waals surface area contributed by atoms with Gasteiger partial charge in [0.2, 0.25) is 0 Å². The highest BCUT2D eigenvalue weighted by Crippen LogP contribution is 2.42. The van der Waals surface area contributed by atoms with Gasteiger partial charge in [-0.1, -0.05) is 36.4 Å². The van der Waals surface area contributed by atoms with Crippen LogP contribution in [0.3, 0.4) is 0 Å². The Balaban J connectivity index is 1.84. The molecule has 3 heteroatoms. The topological polar surface area (TPSA) is 27.7 Å². The molecule has 23 heavy (non-hydrogen) atoms. The van der Waals surface area contributed by atoms with Gasteiger partial charge in [-0.05, 0) is 48.9 Å². The summed E-state index contributed by atoms with van der Waals surface area (Å²) in [5.74, 6) is 2.03. The zero-order valence-corrected chi connectivity index (χ0v) is 14.0. The molecule has 1 fully saturated rings. The first-order chi connectivity index (χ1) is 11.2. The minimum absolute atomic E-state index is 0.151. The highest BCUT2D eigenvalue weighted by Gasteiger charge is 2.29. The van der Waals surface area contributed by atoms with E-state index in [1.807, 2.05) is 12.1 Å². The number of methoxy groups -OCH3 is 2. The molecule has 1 heterocycles. The van der Waals surface area contributed by atoms with E-state index in [9.17, 15) is 0 Å². The lowest BCUT2D eigenvalue weighted by molar-refractivity contribution is -0.0501. The Labute approximate surface area is 138 Å². The van der Waals surface area contributed by atoms with Crippen molar-refractivity contribution in [2.24, 2.45) is 0 Å². The van der Waals surface area contributed by atoms with Gasteiger partial charge in [0.1, 0.15) is 0 Å². The van der Waals surface area contributed by atoms with Crippen LogP contribution >= 0.6 is 0 Å². The molecule has 0 N–H and O–H groups in total. The van der Waals surface area contributed by atoms with Crippen LogP contribution in [0.4, 0.5) is 0 Å². The summed E-state index contributed by atoms with van der Waals surface area (Å²) in [6.45, 7) is 2.16. The third-order valence-electron chi connectivity index (χ3n) is 4.56. The Hall–Kier alpha value is -2.00. The van der Waals surface area contributed by atoms with Gasteiger partial charge >= 0.3 is 0 Å². The van der Waals surface area contributed by atoms with Crippen molar-refractivity contribution in [1.82, 2.24) is 0 Å². The van der Waals surface area contributed by atoms with Crippen LogP contribution in [-0.4, -0.2) is 20.3 Å². The quantitative estimate of drug-likeness (QED) is 0.817. The molecule has 2 aromatic carbocycles. The van der Waals surface area contributed by atoms with Crippen LogP contribution in [0.1, 0.15) is 42.9 Å². The lowest BCUT2D eigenvalue weighted by Gasteiger charge is -2.34. The van der Waals surface area contributed by atoms with Crippen molar-refractivity contribution in [2.45, 2.75) is 37.9 Å². The van der Waals surface area contributed by atoms with Gasteiger partial charge < -0.3 is 14.2 Å². The zero-order valence-electron chi connectivity index (χ0n) is 14.0. The summed E-state index contributed by atoms with van der Waals surface area (Å²) in [6.07, 6.45) is 2.41. The molecule has 3 rings (SSSR count). The SMILES string of the molecule is COc1ccc(C2CC(C)OC(c3ccccc3)C2)cc1OC. The van der Waals surface area contributed by atoms with Crippen molar-refractivity contribution in [1.29, 1.82) is 0 Å². The van der Waals surface area contributed by atoms with Crippen LogP contribution < -0.4 is 9.47 Å². The summed E-state index contributed by atoms with van der Waals surface area (Å²) in [4.78, 5) is 0. The second-order valence-corrected chi connectivity index (χ2v) is 6.13. The molecule has 122 valence electrons. The molecule has 1 aliphatic heterocycles. The van der Waals surface area contributed by atoms with Crippen molar-refractivity contribution >= 4 is 0 Å². The molecule has 0 bridgehead atoms. The third-order valence-corrected chi connectivity index (χ3v) is 4.56. The Morgan fingerprint density at radius 1 is 0.870 bits per heavy atom. The molecule has 0 aliphatic carbocycles. The largest absolute Gasteiger partial charge is 0.493 e. The minimum atomic E-state index is 0.151. The van der Waals surface area contributed by atoms with Gasteiger partial charge in [-0.25, -0.2) is 0 Å². The molecule has 0 spiro atoms. The summed E-state index contributed by atoms with van der Waals surface area (Å²) in [7, 11) is 3.35. The fourth-order valence-corrected chi connectivity index (χ4v) is 3.41. The van der Waals surface area contributed by atoms with Gasteiger partial charge in [-0.15, -0.1) is 0 Å². The zero-order chi connectivity index (χ0) is 16.2. The molecular weight excluding hydrogens is 288 g/mol. The van der Waals surface area contributed by atoms with E-state index in [2.05, 4.69) is 43.3 Å². The predicted octanol–water partition coefficient (Wildman–Crippen LogP) is 4.73. The normalized spacial score (nSPS) is 24.2. The first-order valence-corrected chi connectivity index (χ1v) is 8.13. The van der Waals surface area contributed by atoms with E-state index in [1.54, 1.807) is 14.2 Å². The van der Waals surface area contributed by atoms with E-state index < -0.39 is 0 Å². The molecular formula is C20H24O3. The summed E-state index contributed by atoms with van der Waals surface area (Å²) in [5, 5.41) is 0. The van der Waals surface area contributed by atoms with Crippen molar-refractivity contribution in [3.8, 4) is 11.5 Å². The van der Waals surface area contributed by atoms with Crippen LogP contribution in [0.15, 0.2) is 48.5 Å². The first-order valence-electron chi connectivity index (χ1n) is 8.13. The second kappa shape index (κ2) is 7.05. The monoisotopic (exact) mass is 312 g/mol. The van der Waals surface area contributed by atoms with Crippen LogP contribution in [0.25, 0.3) is 0 Å². The van der Waals surface area contributed by atoms with Crippen LogP contribution in [0.5, 0.6) is 11.5 Å². The maximum absolute atomic E-state index is 6.17. The fraction of sp³-hybridized carbons (Fsp3) is 0.400. The first kappa shape index (κ1) is 15.9. The molecule has 3 nitrogen and oxygen atoms in total. The van der Waals surface area contributed by atoms with Crippen molar-refractivity contribution < 1.29 is 14.2 Å². The second-order valence-electron chi connectivity index (χ2n) is 6.13. The predicted molar refractivity (Wildman–Crippen MR) is 91.3 cm³/mol. The average molecular weight is 312 g/mol. The van der Waals surface area contributed by atoms with E-state index in [0.29, 0.717) is 5.92 Å². The lowest BCUT2D eigenvalue weighted by atomic mass is 9.84. The van der Waals surface area contributed by atoms with Gasteiger partial charge in [-0.2, -0.15) is 0 Å². The van der Waals surface area contributed by atoms with Crippen molar-refractivity contribution in [3.05, 3.63) is 59.7 Å². The van der Waals surface area contributed by atoms with E-state index >= 15 is 0 Å². The molecule has 0 saturated carbocycles. The number of rotatable bonds is 4. The Kier molecular flexibility index (Phi) is 4.87. The van der Waals surface area contributed by atoms with E-state index in [1.165, 1.54) is 11.1 Å². The summed E-state index contributed by atoms with van der Waals surface area (Å²) >= 11 is 0. The van der Waals surface area contributed by atoms with Crippen LogP contribution in [-0.2, 0) is 4.74 Å². The van der Waals surface area contributed by atoms with E-state index in [4.69, 9.17) is 14.2 Å². The van der Waals surface area contributed by atoms with E-state index in [-0.39, 0.29) is 12.2 Å². The maximum Gasteiger partial charge on any atom is 0.160 e. The van der Waals surface area contributed by atoms with Crippen LogP contribution in [0.2, 0.25) is 0 Å². The van der Waals surface area contributed by atoms with Crippen molar-refractivity contribution in [3.63, 3.8) is 0 Å². The maximum atomic E-state index is 6.17. The van der Waals surface area contributed by atoms with Gasteiger partial charge in [0, 0.05) is 0 Å². The number of ether oxygens (including phenoxy) is 3. The smallest absolute Gasteiger partial charge is 0.160 e. The summed E-state index contributed by atoms with van der Waals surface area (Å²) in [6, 6.07) is 16.7. The molecule has 3 atom stereocenters. The lowest BCUT2D eigenvalue weighted by Crippen LogP contribution is -2.25. The average Bonchev–Trinajstić information content (AvgIpc) is 2.61. The summed E-state index contributed by atoms with van der Waals surface area (Å²) in [5.41, 5.74) is 2.54. The number of hydrogen-bond donors (Lipinski definition) is 0. The Bertz CT molecular complexity index is 639. The van der Waals surface area contributed by atoms with Gasteiger partial charge in [-0.3, -0.25) is 0 Å². The molecule has 0 amide bonds. The highest BCUT2D eigenvalue weighted by molar-refractivity contribution is 5.44. The molecule has 1 aliphatic rings. The molecule has 1 saturated heterocycles. The van der Waals surface area contributed by atoms with Crippen LogP contribution in [0, 0.1) is 0 Å². The van der Waals surface area contributed by atoms with Crippen molar-refractivity contribution in [2.75, 3.05) is 14.2 Å². The number of hydrogen-bond acceptors (Lipinski definition) is 3. The van der Waals surface area contributed by atoms with E-state index in [0.717, 1.165) is 24.3 Å². The Morgan fingerprint density at radius 2 is 1.61 bits per heavy atom. The molecule has 0 aromatic heterocycles. The van der Waals surface area contributed by atoms with Gasteiger partial charge in [0.05, 0.1) is 26.4 Å².